The zero-order chi connectivity index (χ0) is 18.2. The van der Waals surface area contributed by atoms with Crippen molar-refractivity contribution in [1.29, 1.82) is 0 Å². The van der Waals surface area contributed by atoms with E-state index in [1.807, 2.05) is 32.0 Å². The number of aromatic amines is 1. The molecule has 0 fully saturated rings. The Morgan fingerprint density at radius 2 is 1.96 bits per heavy atom. The average molecular weight is 341 g/mol. The summed E-state index contributed by atoms with van der Waals surface area (Å²) < 4.78 is 10.7. The summed E-state index contributed by atoms with van der Waals surface area (Å²) in [6.07, 6.45) is 2.09. The third kappa shape index (κ3) is 3.17. The lowest BCUT2D eigenvalue weighted by atomic mass is 9.96. The third-order valence-corrected chi connectivity index (χ3v) is 4.46. The number of nitrogens with zero attached hydrogens (tertiary/aromatic N) is 2. The smallest absolute Gasteiger partial charge is 0.139 e. The number of hydrogen-bond acceptors (Lipinski definition) is 5. The molecule has 6 nitrogen and oxygen atoms in total. The molecular formula is C19H23N3O3. The van der Waals surface area contributed by atoms with Crippen molar-refractivity contribution in [3.8, 4) is 11.5 Å². The van der Waals surface area contributed by atoms with Crippen LogP contribution >= 0.6 is 0 Å². The molecule has 132 valence electrons. The van der Waals surface area contributed by atoms with Crippen LogP contribution in [-0.4, -0.2) is 34.3 Å². The van der Waals surface area contributed by atoms with Gasteiger partial charge in [0, 0.05) is 29.8 Å². The maximum absolute atomic E-state index is 11.0. The summed E-state index contributed by atoms with van der Waals surface area (Å²) in [6.45, 7) is 5.64. The Bertz CT molecular complexity index is 916. The molecule has 2 aromatic heterocycles. The second kappa shape index (κ2) is 6.37. The highest BCUT2D eigenvalue weighted by molar-refractivity contribution is 5.77. The number of aromatic nitrogens is 3. The van der Waals surface area contributed by atoms with Gasteiger partial charge in [-0.05, 0) is 32.9 Å². The van der Waals surface area contributed by atoms with Gasteiger partial charge < -0.3 is 19.6 Å². The molecule has 0 aliphatic rings. The zero-order valence-corrected chi connectivity index (χ0v) is 15.2. The van der Waals surface area contributed by atoms with E-state index in [1.165, 1.54) is 0 Å². The zero-order valence-electron chi connectivity index (χ0n) is 15.2. The molecular weight excluding hydrogens is 318 g/mol. The number of methoxy groups -OCH3 is 2. The van der Waals surface area contributed by atoms with E-state index in [0.717, 1.165) is 39.4 Å². The Morgan fingerprint density at radius 3 is 2.64 bits per heavy atom. The van der Waals surface area contributed by atoms with Crippen molar-refractivity contribution in [2.24, 2.45) is 0 Å². The van der Waals surface area contributed by atoms with Crippen LogP contribution in [0.3, 0.4) is 0 Å². The Balaban J connectivity index is 1.97. The van der Waals surface area contributed by atoms with Crippen LogP contribution in [0.4, 0.5) is 0 Å². The number of fused-ring (bicyclic) bond motifs is 1. The maximum Gasteiger partial charge on any atom is 0.139 e. The van der Waals surface area contributed by atoms with E-state index in [-0.39, 0.29) is 0 Å². The molecule has 25 heavy (non-hydrogen) atoms. The molecule has 0 spiro atoms. The first kappa shape index (κ1) is 17.2. The van der Waals surface area contributed by atoms with E-state index in [2.05, 4.69) is 15.0 Å². The molecule has 2 heterocycles. The summed E-state index contributed by atoms with van der Waals surface area (Å²) in [7, 11) is 3.26. The molecule has 1 unspecified atom stereocenters. The highest BCUT2D eigenvalue weighted by Crippen LogP contribution is 2.30. The van der Waals surface area contributed by atoms with Gasteiger partial charge in [-0.2, -0.15) is 0 Å². The summed E-state index contributed by atoms with van der Waals surface area (Å²) in [5.74, 6) is 2.04. The monoisotopic (exact) mass is 341 g/mol. The van der Waals surface area contributed by atoms with Gasteiger partial charge in [-0.1, -0.05) is 0 Å². The third-order valence-electron chi connectivity index (χ3n) is 4.46. The summed E-state index contributed by atoms with van der Waals surface area (Å²) in [5.41, 5.74) is 3.10. The van der Waals surface area contributed by atoms with Crippen molar-refractivity contribution < 1.29 is 14.6 Å². The Morgan fingerprint density at radius 1 is 1.20 bits per heavy atom. The van der Waals surface area contributed by atoms with Crippen molar-refractivity contribution in [3.63, 3.8) is 0 Å². The van der Waals surface area contributed by atoms with Gasteiger partial charge in [0.1, 0.15) is 22.9 Å². The Hall–Kier alpha value is -2.60. The first-order chi connectivity index (χ1) is 11.9. The first-order valence-electron chi connectivity index (χ1n) is 8.11. The summed E-state index contributed by atoms with van der Waals surface area (Å²) >= 11 is 0. The number of benzene rings is 1. The van der Waals surface area contributed by atoms with Crippen LogP contribution in [0.25, 0.3) is 11.0 Å². The van der Waals surface area contributed by atoms with E-state index >= 15 is 0 Å². The standard InChI is InChI=1S/C19H23N3O3/c1-11-10-20-16(12(2)17(11)25-5)9-19(3,23)18-21-14-7-6-13(24-4)8-15(14)22-18/h6-8,10,23H,9H2,1-5H3,(H,21,22). The van der Waals surface area contributed by atoms with E-state index in [4.69, 9.17) is 9.47 Å². The number of pyridine rings is 1. The minimum absolute atomic E-state index is 0.326. The Kier molecular flexibility index (Phi) is 4.39. The summed E-state index contributed by atoms with van der Waals surface area (Å²) in [5, 5.41) is 11.0. The quantitative estimate of drug-likeness (QED) is 0.745. The second-order valence-corrected chi connectivity index (χ2v) is 6.47. The minimum atomic E-state index is -1.19. The normalized spacial score (nSPS) is 13.7. The highest BCUT2D eigenvalue weighted by Gasteiger charge is 2.29. The van der Waals surface area contributed by atoms with Gasteiger partial charge in [0.2, 0.25) is 0 Å². The van der Waals surface area contributed by atoms with Crippen LogP contribution in [0.2, 0.25) is 0 Å². The topological polar surface area (TPSA) is 80.3 Å². The molecule has 3 aromatic rings. The molecule has 0 aliphatic heterocycles. The van der Waals surface area contributed by atoms with Crippen molar-refractivity contribution in [3.05, 3.63) is 47.0 Å². The van der Waals surface area contributed by atoms with Crippen LogP contribution in [0.1, 0.15) is 29.6 Å². The van der Waals surface area contributed by atoms with Crippen LogP contribution in [-0.2, 0) is 12.0 Å². The molecule has 1 atom stereocenters. The predicted octanol–water partition coefficient (Wildman–Crippen LogP) is 3.04. The van der Waals surface area contributed by atoms with Gasteiger partial charge in [0.25, 0.3) is 0 Å². The van der Waals surface area contributed by atoms with E-state index in [1.54, 1.807) is 27.3 Å². The van der Waals surface area contributed by atoms with Crippen molar-refractivity contribution >= 4 is 11.0 Å². The van der Waals surface area contributed by atoms with Gasteiger partial charge in [0.15, 0.2) is 0 Å². The molecule has 1 aromatic carbocycles. The molecule has 0 bridgehead atoms. The lowest BCUT2D eigenvalue weighted by Gasteiger charge is -2.22. The van der Waals surface area contributed by atoms with Crippen LogP contribution < -0.4 is 9.47 Å². The molecule has 2 N–H and O–H groups in total. The molecule has 0 saturated heterocycles. The van der Waals surface area contributed by atoms with Gasteiger partial charge in [-0.25, -0.2) is 4.98 Å². The predicted molar refractivity (Wildman–Crippen MR) is 96.2 cm³/mol. The van der Waals surface area contributed by atoms with Crippen molar-refractivity contribution in [1.82, 2.24) is 15.0 Å². The Labute approximate surface area is 146 Å². The molecule has 0 aliphatic carbocycles. The van der Waals surface area contributed by atoms with Gasteiger partial charge >= 0.3 is 0 Å². The number of ether oxygens (including phenoxy) is 2. The van der Waals surface area contributed by atoms with Crippen molar-refractivity contribution in [2.45, 2.75) is 32.8 Å². The van der Waals surface area contributed by atoms with Crippen LogP contribution in [0.15, 0.2) is 24.4 Å². The number of aryl methyl sites for hydroxylation is 1. The van der Waals surface area contributed by atoms with E-state index in [9.17, 15) is 5.11 Å². The fourth-order valence-corrected chi connectivity index (χ4v) is 3.03. The fourth-order valence-electron chi connectivity index (χ4n) is 3.03. The number of rotatable bonds is 5. The molecule has 3 rings (SSSR count). The number of aliphatic hydroxyl groups is 1. The number of imidazole rings is 1. The van der Waals surface area contributed by atoms with Gasteiger partial charge in [0.05, 0.1) is 30.9 Å². The molecule has 0 radical (unpaired) electrons. The number of nitrogens with one attached hydrogen (secondary N) is 1. The molecule has 0 saturated carbocycles. The molecule has 0 amide bonds. The van der Waals surface area contributed by atoms with E-state index < -0.39 is 5.60 Å². The fraction of sp³-hybridized carbons (Fsp3) is 0.368. The van der Waals surface area contributed by atoms with Crippen LogP contribution in [0.5, 0.6) is 11.5 Å². The average Bonchev–Trinajstić information content (AvgIpc) is 3.02. The maximum atomic E-state index is 11.0. The van der Waals surface area contributed by atoms with Crippen molar-refractivity contribution in [2.75, 3.05) is 14.2 Å². The van der Waals surface area contributed by atoms with Gasteiger partial charge in [-0.15, -0.1) is 0 Å². The number of hydrogen-bond donors (Lipinski definition) is 2. The number of H-pyrrole nitrogens is 1. The lowest BCUT2D eigenvalue weighted by Crippen LogP contribution is -2.27. The first-order valence-corrected chi connectivity index (χ1v) is 8.11. The minimum Gasteiger partial charge on any atom is -0.497 e. The SMILES string of the molecule is COc1ccc2nc(C(C)(O)Cc3ncc(C)c(OC)c3C)[nH]c2c1. The molecule has 6 heteroatoms. The van der Waals surface area contributed by atoms with Gasteiger partial charge in [-0.3, -0.25) is 4.98 Å². The summed E-state index contributed by atoms with van der Waals surface area (Å²) in [6, 6.07) is 5.57. The highest BCUT2D eigenvalue weighted by atomic mass is 16.5. The second-order valence-electron chi connectivity index (χ2n) is 6.47. The van der Waals surface area contributed by atoms with Crippen LogP contribution in [0, 0.1) is 13.8 Å². The largest absolute Gasteiger partial charge is 0.497 e. The summed E-state index contributed by atoms with van der Waals surface area (Å²) in [4.78, 5) is 12.2. The lowest BCUT2D eigenvalue weighted by molar-refractivity contribution is 0.0480. The van der Waals surface area contributed by atoms with E-state index in [0.29, 0.717) is 12.2 Å².